The molecule has 86 valence electrons. The summed E-state index contributed by atoms with van der Waals surface area (Å²) in [5.74, 6) is 0.471. The molecule has 1 rings (SSSR count). The van der Waals surface area contributed by atoms with Gasteiger partial charge in [0.2, 0.25) is 5.88 Å². The fourth-order valence-corrected chi connectivity index (χ4v) is 1.43. The average Bonchev–Trinajstić information content (AvgIpc) is 2.29. The molecule has 1 aromatic rings. The van der Waals surface area contributed by atoms with Gasteiger partial charge in [-0.3, -0.25) is 0 Å². The van der Waals surface area contributed by atoms with Gasteiger partial charge in [-0.1, -0.05) is 26.2 Å². The first-order chi connectivity index (χ1) is 7.77. The third-order valence-electron chi connectivity index (χ3n) is 2.36. The van der Waals surface area contributed by atoms with Gasteiger partial charge in [0.15, 0.2) is 0 Å². The van der Waals surface area contributed by atoms with Crippen LogP contribution in [0.5, 0.6) is 5.88 Å². The van der Waals surface area contributed by atoms with E-state index in [4.69, 9.17) is 10.00 Å². The first-order valence-electron chi connectivity index (χ1n) is 5.78. The summed E-state index contributed by atoms with van der Waals surface area (Å²) in [5.41, 5.74) is 1.39. The van der Waals surface area contributed by atoms with E-state index in [1.165, 1.54) is 19.3 Å². The molecule has 0 spiro atoms. The summed E-state index contributed by atoms with van der Waals surface area (Å²) in [7, 11) is 0. The second kappa shape index (κ2) is 6.84. The Morgan fingerprint density at radius 3 is 2.81 bits per heavy atom. The van der Waals surface area contributed by atoms with E-state index in [1.807, 2.05) is 13.0 Å². The molecule has 0 amide bonds. The smallest absolute Gasteiger partial charge is 0.231 e. The molecule has 3 nitrogen and oxygen atoms in total. The molecule has 1 aromatic heterocycles. The van der Waals surface area contributed by atoms with E-state index < -0.39 is 0 Å². The van der Waals surface area contributed by atoms with Gasteiger partial charge in [0.25, 0.3) is 0 Å². The molecule has 0 aromatic carbocycles. The normalized spacial score (nSPS) is 9.81. The first-order valence-corrected chi connectivity index (χ1v) is 5.78. The monoisotopic (exact) mass is 218 g/mol. The van der Waals surface area contributed by atoms with Crippen LogP contribution in [0.2, 0.25) is 0 Å². The van der Waals surface area contributed by atoms with E-state index in [0.29, 0.717) is 18.1 Å². The van der Waals surface area contributed by atoms with Crippen LogP contribution in [0.4, 0.5) is 0 Å². The lowest BCUT2D eigenvalue weighted by Crippen LogP contribution is -2.01. The predicted octanol–water partition coefficient (Wildman–Crippen LogP) is 3.22. The number of ether oxygens (including phenoxy) is 1. The topological polar surface area (TPSA) is 45.9 Å². The molecule has 0 aliphatic rings. The van der Waals surface area contributed by atoms with E-state index in [-0.39, 0.29) is 0 Å². The van der Waals surface area contributed by atoms with E-state index >= 15 is 0 Å². The highest BCUT2D eigenvalue weighted by atomic mass is 16.5. The van der Waals surface area contributed by atoms with Crippen molar-refractivity contribution >= 4 is 0 Å². The molecule has 0 aliphatic carbocycles. The number of hydrogen-bond donors (Lipinski definition) is 0. The van der Waals surface area contributed by atoms with E-state index in [9.17, 15) is 0 Å². The van der Waals surface area contributed by atoms with Crippen molar-refractivity contribution in [3.05, 3.63) is 23.4 Å². The van der Waals surface area contributed by atoms with Gasteiger partial charge in [0.05, 0.1) is 6.61 Å². The van der Waals surface area contributed by atoms with Crippen LogP contribution in [-0.2, 0) is 0 Å². The highest BCUT2D eigenvalue weighted by Crippen LogP contribution is 2.15. The molecular weight excluding hydrogens is 200 g/mol. The summed E-state index contributed by atoms with van der Waals surface area (Å²) in [6, 6.07) is 5.66. The van der Waals surface area contributed by atoms with Crippen LogP contribution in [0.3, 0.4) is 0 Å². The molecule has 0 atom stereocenters. The molecule has 0 N–H and O–H groups in total. The summed E-state index contributed by atoms with van der Waals surface area (Å²) < 4.78 is 5.52. The molecule has 3 heteroatoms. The second-order valence-electron chi connectivity index (χ2n) is 3.83. The van der Waals surface area contributed by atoms with Crippen molar-refractivity contribution in [2.24, 2.45) is 0 Å². The lowest BCUT2D eigenvalue weighted by Gasteiger charge is -2.06. The Hall–Kier alpha value is -1.56. The number of aromatic nitrogens is 1. The van der Waals surface area contributed by atoms with Gasteiger partial charge in [0.1, 0.15) is 11.6 Å². The maximum Gasteiger partial charge on any atom is 0.231 e. The molecular formula is C13H18N2O. The predicted molar refractivity (Wildman–Crippen MR) is 63.3 cm³/mol. The van der Waals surface area contributed by atoms with Gasteiger partial charge in [0, 0.05) is 5.69 Å². The zero-order valence-electron chi connectivity index (χ0n) is 9.99. The molecule has 0 saturated carbocycles. The van der Waals surface area contributed by atoms with Crippen molar-refractivity contribution in [1.29, 1.82) is 5.26 Å². The molecule has 0 aliphatic heterocycles. The third kappa shape index (κ3) is 3.90. The highest BCUT2D eigenvalue weighted by molar-refractivity contribution is 5.38. The van der Waals surface area contributed by atoms with Crippen LogP contribution in [0, 0.1) is 18.3 Å². The minimum absolute atomic E-state index is 0.471. The Balaban J connectivity index is 2.46. The van der Waals surface area contributed by atoms with Crippen LogP contribution in [-0.4, -0.2) is 11.6 Å². The molecule has 0 saturated heterocycles. The van der Waals surface area contributed by atoms with Gasteiger partial charge in [-0.25, -0.2) is 4.98 Å². The molecule has 0 fully saturated rings. The lowest BCUT2D eigenvalue weighted by molar-refractivity contribution is 0.292. The maximum atomic E-state index is 8.88. The number of hydrogen-bond acceptors (Lipinski definition) is 3. The molecule has 0 bridgehead atoms. The number of aryl methyl sites for hydroxylation is 1. The minimum atomic E-state index is 0.471. The molecule has 16 heavy (non-hydrogen) atoms. The fraction of sp³-hybridized carbons (Fsp3) is 0.538. The van der Waals surface area contributed by atoms with Gasteiger partial charge < -0.3 is 4.74 Å². The third-order valence-corrected chi connectivity index (χ3v) is 2.36. The number of nitrogens with zero attached hydrogens (tertiary/aromatic N) is 2. The van der Waals surface area contributed by atoms with Crippen molar-refractivity contribution in [2.45, 2.75) is 39.5 Å². The number of rotatable bonds is 6. The van der Waals surface area contributed by atoms with E-state index in [2.05, 4.69) is 18.0 Å². The summed E-state index contributed by atoms with van der Waals surface area (Å²) in [6.07, 6.45) is 4.64. The van der Waals surface area contributed by atoms with Crippen molar-refractivity contribution in [3.8, 4) is 11.9 Å². The second-order valence-corrected chi connectivity index (χ2v) is 3.83. The lowest BCUT2D eigenvalue weighted by atomic mass is 10.2. The highest BCUT2D eigenvalue weighted by Gasteiger charge is 2.04. The molecule has 0 radical (unpaired) electrons. The zero-order chi connectivity index (χ0) is 11.8. The Morgan fingerprint density at radius 2 is 2.12 bits per heavy atom. The van der Waals surface area contributed by atoms with E-state index in [0.717, 1.165) is 12.1 Å². The Bertz CT molecular complexity index is 369. The number of unbranched alkanes of at least 4 members (excludes halogenated alkanes) is 3. The standard InChI is InChI=1S/C13H18N2O/c1-3-4-5-6-9-16-13-12(10-14)8-7-11(2)15-13/h7-8H,3-6,9H2,1-2H3. The Morgan fingerprint density at radius 1 is 1.31 bits per heavy atom. The average molecular weight is 218 g/mol. The Labute approximate surface area is 97.1 Å². The van der Waals surface area contributed by atoms with Crippen molar-refractivity contribution in [2.75, 3.05) is 6.61 Å². The summed E-state index contributed by atoms with van der Waals surface area (Å²) in [6.45, 7) is 4.72. The summed E-state index contributed by atoms with van der Waals surface area (Å²) >= 11 is 0. The number of pyridine rings is 1. The molecule has 0 unspecified atom stereocenters. The minimum Gasteiger partial charge on any atom is -0.477 e. The van der Waals surface area contributed by atoms with Crippen LogP contribution in [0.15, 0.2) is 12.1 Å². The number of nitriles is 1. The van der Waals surface area contributed by atoms with Crippen LogP contribution in [0.1, 0.15) is 43.9 Å². The van der Waals surface area contributed by atoms with Crippen LogP contribution in [0.25, 0.3) is 0 Å². The summed E-state index contributed by atoms with van der Waals surface area (Å²) in [4.78, 5) is 4.22. The van der Waals surface area contributed by atoms with Gasteiger partial charge >= 0.3 is 0 Å². The maximum absolute atomic E-state index is 8.88. The van der Waals surface area contributed by atoms with Crippen molar-refractivity contribution < 1.29 is 4.74 Å². The van der Waals surface area contributed by atoms with Crippen molar-refractivity contribution in [3.63, 3.8) is 0 Å². The van der Waals surface area contributed by atoms with Gasteiger partial charge in [-0.05, 0) is 25.5 Å². The van der Waals surface area contributed by atoms with Crippen LogP contribution < -0.4 is 4.74 Å². The van der Waals surface area contributed by atoms with Crippen molar-refractivity contribution in [1.82, 2.24) is 4.98 Å². The quantitative estimate of drug-likeness (QED) is 0.689. The largest absolute Gasteiger partial charge is 0.477 e. The first kappa shape index (κ1) is 12.5. The van der Waals surface area contributed by atoms with E-state index in [1.54, 1.807) is 6.07 Å². The Kier molecular flexibility index (Phi) is 5.35. The summed E-state index contributed by atoms with van der Waals surface area (Å²) in [5, 5.41) is 8.88. The molecule has 1 heterocycles. The SMILES string of the molecule is CCCCCCOc1nc(C)ccc1C#N. The van der Waals surface area contributed by atoms with Gasteiger partial charge in [-0.2, -0.15) is 5.26 Å². The zero-order valence-corrected chi connectivity index (χ0v) is 9.99. The van der Waals surface area contributed by atoms with Crippen LogP contribution >= 0.6 is 0 Å². The fourth-order valence-electron chi connectivity index (χ4n) is 1.43. The van der Waals surface area contributed by atoms with Gasteiger partial charge in [-0.15, -0.1) is 0 Å².